The van der Waals surface area contributed by atoms with Gasteiger partial charge in [0.15, 0.2) is 4.80 Å². The van der Waals surface area contributed by atoms with Gasteiger partial charge in [-0.2, -0.15) is 4.99 Å². The maximum absolute atomic E-state index is 12.2. The number of aryl methyl sites for hydroxylation is 3. The van der Waals surface area contributed by atoms with E-state index in [2.05, 4.69) is 17.1 Å². The second-order valence-corrected chi connectivity index (χ2v) is 6.99. The highest BCUT2D eigenvalue weighted by atomic mass is 32.1. The lowest BCUT2D eigenvalue weighted by atomic mass is 10.1. The Morgan fingerprint density at radius 2 is 2.04 bits per heavy atom. The minimum atomic E-state index is -0.467. The molecule has 1 aromatic heterocycles. The number of aromatic nitrogens is 1. The lowest BCUT2D eigenvalue weighted by Crippen LogP contribution is -2.12. The van der Waals surface area contributed by atoms with Crippen molar-refractivity contribution in [2.24, 2.45) is 12.0 Å². The number of hydrogen-bond donors (Lipinski definition) is 0. The van der Waals surface area contributed by atoms with E-state index in [0.717, 1.165) is 21.3 Å². The predicted molar refractivity (Wildman–Crippen MR) is 103 cm³/mol. The minimum Gasteiger partial charge on any atom is -0.319 e. The highest BCUT2D eigenvalue weighted by molar-refractivity contribution is 7.16. The van der Waals surface area contributed by atoms with Crippen LogP contribution in [0.25, 0.3) is 16.3 Å². The quantitative estimate of drug-likeness (QED) is 0.400. The van der Waals surface area contributed by atoms with E-state index in [0.29, 0.717) is 10.4 Å². The van der Waals surface area contributed by atoms with Crippen LogP contribution in [0, 0.1) is 24.0 Å². The van der Waals surface area contributed by atoms with Crippen LogP contribution in [0.4, 0.5) is 5.69 Å². The van der Waals surface area contributed by atoms with Crippen molar-refractivity contribution in [3.8, 4) is 0 Å². The van der Waals surface area contributed by atoms with Gasteiger partial charge in [-0.05, 0) is 42.7 Å². The van der Waals surface area contributed by atoms with Gasteiger partial charge >= 0.3 is 0 Å². The number of hydrogen-bond acceptors (Lipinski definition) is 4. The Labute approximate surface area is 153 Å². The fraction of sp³-hybridized carbons (Fsp3) is 0.158. The maximum Gasteiger partial charge on any atom is 0.272 e. The Morgan fingerprint density at radius 1 is 1.27 bits per heavy atom. The van der Waals surface area contributed by atoms with Gasteiger partial charge in [0, 0.05) is 25.3 Å². The predicted octanol–water partition coefficient (Wildman–Crippen LogP) is 3.91. The molecule has 0 fully saturated rings. The molecule has 0 atom stereocenters. The molecule has 0 aliphatic heterocycles. The molecule has 1 amide bonds. The van der Waals surface area contributed by atoms with E-state index in [4.69, 9.17) is 0 Å². The van der Waals surface area contributed by atoms with Gasteiger partial charge in [0.05, 0.1) is 15.1 Å². The minimum absolute atomic E-state index is 0.0155. The van der Waals surface area contributed by atoms with E-state index >= 15 is 0 Å². The van der Waals surface area contributed by atoms with Crippen molar-refractivity contribution in [3.63, 3.8) is 0 Å². The summed E-state index contributed by atoms with van der Waals surface area (Å²) in [6.07, 6.45) is 2.85. The molecular formula is C19H17N3O3S. The van der Waals surface area contributed by atoms with Gasteiger partial charge in [-0.25, -0.2) is 0 Å². The summed E-state index contributed by atoms with van der Waals surface area (Å²) in [5, 5.41) is 10.8. The number of nitrogens with zero attached hydrogens (tertiary/aromatic N) is 3. The summed E-state index contributed by atoms with van der Waals surface area (Å²) >= 11 is 1.47. The standard InChI is InChI=1S/C19H17N3O3S/c1-12-9-13(2)18-16(10-12)21(3)19(26-18)20-17(23)8-7-14-5-4-6-15(11-14)22(24)25/h4-11H,1-3H3. The Bertz CT molecular complexity index is 1120. The first-order chi connectivity index (χ1) is 12.3. The number of non-ortho nitro benzene ring substituents is 1. The smallest absolute Gasteiger partial charge is 0.272 e. The fourth-order valence-electron chi connectivity index (χ4n) is 2.72. The van der Waals surface area contributed by atoms with Crippen LogP contribution in [0.5, 0.6) is 0 Å². The van der Waals surface area contributed by atoms with E-state index in [1.54, 1.807) is 12.1 Å². The van der Waals surface area contributed by atoms with Crippen LogP contribution in [0.1, 0.15) is 16.7 Å². The summed E-state index contributed by atoms with van der Waals surface area (Å²) in [6, 6.07) is 10.3. The molecular weight excluding hydrogens is 350 g/mol. The molecule has 3 aromatic rings. The molecule has 0 aliphatic carbocycles. The molecule has 0 spiro atoms. The lowest BCUT2D eigenvalue weighted by molar-refractivity contribution is -0.384. The zero-order valence-corrected chi connectivity index (χ0v) is 15.4. The van der Waals surface area contributed by atoms with E-state index in [9.17, 15) is 14.9 Å². The van der Waals surface area contributed by atoms with Crippen LogP contribution >= 0.6 is 11.3 Å². The third-order valence-corrected chi connectivity index (χ3v) is 5.23. The van der Waals surface area contributed by atoms with Gasteiger partial charge in [0.25, 0.3) is 11.6 Å². The average Bonchev–Trinajstić information content (AvgIpc) is 2.90. The summed E-state index contributed by atoms with van der Waals surface area (Å²) < 4.78 is 3.01. The van der Waals surface area contributed by atoms with Gasteiger partial charge in [0.1, 0.15) is 0 Å². The third kappa shape index (κ3) is 3.62. The molecule has 0 radical (unpaired) electrons. The molecule has 0 bridgehead atoms. The molecule has 0 saturated heterocycles. The average molecular weight is 367 g/mol. The van der Waals surface area contributed by atoms with Crippen molar-refractivity contribution >= 4 is 39.2 Å². The number of nitro benzene ring substituents is 1. The summed E-state index contributed by atoms with van der Waals surface area (Å²) in [7, 11) is 1.88. The first-order valence-electron chi connectivity index (χ1n) is 7.93. The van der Waals surface area contributed by atoms with Crippen molar-refractivity contribution in [2.75, 3.05) is 0 Å². The Morgan fingerprint density at radius 3 is 2.77 bits per heavy atom. The topological polar surface area (TPSA) is 77.5 Å². The van der Waals surface area contributed by atoms with Crippen molar-refractivity contribution in [2.45, 2.75) is 13.8 Å². The van der Waals surface area contributed by atoms with E-state index < -0.39 is 10.8 Å². The largest absolute Gasteiger partial charge is 0.319 e. The van der Waals surface area contributed by atoms with E-state index in [-0.39, 0.29) is 5.69 Å². The summed E-state index contributed by atoms with van der Waals surface area (Å²) in [6.45, 7) is 4.08. The van der Waals surface area contributed by atoms with E-state index in [1.807, 2.05) is 25.5 Å². The fourth-order valence-corrected chi connectivity index (χ4v) is 3.79. The molecule has 7 heteroatoms. The van der Waals surface area contributed by atoms with Gasteiger partial charge in [-0.15, -0.1) is 0 Å². The molecule has 1 heterocycles. The number of thiazole rings is 1. The zero-order valence-electron chi connectivity index (χ0n) is 14.6. The van der Waals surface area contributed by atoms with Gasteiger partial charge in [0.2, 0.25) is 0 Å². The van der Waals surface area contributed by atoms with Crippen LogP contribution < -0.4 is 4.80 Å². The van der Waals surface area contributed by atoms with Crippen molar-refractivity contribution in [1.82, 2.24) is 4.57 Å². The highest BCUT2D eigenvalue weighted by Gasteiger charge is 2.07. The molecule has 0 N–H and O–H groups in total. The molecule has 0 aliphatic rings. The monoisotopic (exact) mass is 367 g/mol. The molecule has 132 valence electrons. The number of carbonyl (C=O) groups excluding carboxylic acids is 1. The van der Waals surface area contributed by atoms with Crippen molar-refractivity contribution < 1.29 is 9.72 Å². The maximum atomic E-state index is 12.2. The highest BCUT2D eigenvalue weighted by Crippen LogP contribution is 2.22. The van der Waals surface area contributed by atoms with Crippen LogP contribution in [-0.2, 0) is 11.8 Å². The molecule has 6 nitrogen and oxygen atoms in total. The normalized spacial score (nSPS) is 12.2. The van der Waals surface area contributed by atoms with E-state index in [1.165, 1.54) is 35.6 Å². The SMILES string of the molecule is Cc1cc(C)c2sc(=NC(=O)C=Cc3cccc([N+](=O)[O-])c3)n(C)c2c1. The Balaban J connectivity index is 1.93. The second-order valence-electron chi connectivity index (χ2n) is 6.01. The van der Waals surface area contributed by atoms with Crippen molar-refractivity contribution in [3.05, 3.63) is 74.1 Å². The van der Waals surface area contributed by atoms with Crippen molar-refractivity contribution in [1.29, 1.82) is 0 Å². The molecule has 26 heavy (non-hydrogen) atoms. The van der Waals surface area contributed by atoms with Crippen LogP contribution in [0.3, 0.4) is 0 Å². The molecule has 3 rings (SSSR count). The lowest BCUT2D eigenvalue weighted by Gasteiger charge is -2.00. The Kier molecular flexibility index (Phi) is 4.81. The van der Waals surface area contributed by atoms with Gasteiger partial charge < -0.3 is 4.57 Å². The Hall–Kier alpha value is -3.06. The van der Waals surface area contributed by atoms with Gasteiger partial charge in [-0.1, -0.05) is 29.5 Å². The number of nitro groups is 1. The zero-order chi connectivity index (χ0) is 18.8. The second kappa shape index (κ2) is 7.05. The molecule has 2 aromatic carbocycles. The molecule has 0 saturated carbocycles. The van der Waals surface area contributed by atoms with Crippen LogP contribution in [0.2, 0.25) is 0 Å². The number of benzene rings is 2. The van der Waals surface area contributed by atoms with Gasteiger partial charge in [-0.3, -0.25) is 14.9 Å². The summed E-state index contributed by atoms with van der Waals surface area (Å²) in [5.74, 6) is -0.409. The summed E-state index contributed by atoms with van der Waals surface area (Å²) in [4.78, 5) is 27.3. The van der Waals surface area contributed by atoms with Crippen LogP contribution in [0.15, 0.2) is 47.5 Å². The summed E-state index contributed by atoms with van der Waals surface area (Å²) in [5.41, 5.74) is 3.92. The number of carbonyl (C=O) groups is 1. The number of amides is 1. The first kappa shape index (κ1) is 17.8. The third-order valence-electron chi connectivity index (χ3n) is 3.95. The van der Waals surface area contributed by atoms with Crippen LogP contribution in [-0.4, -0.2) is 15.4 Å². The number of fused-ring (bicyclic) bond motifs is 1. The first-order valence-corrected chi connectivity index (χ1v) is 8.75. The number of rotatable bonds is 3. The molecule has 0 unspecified atom stereocenters.